The van der Waals surface area contributed by atoms with Crippen LogP contribution in [0.25, 0.3) is 0 Å². The summed E-state index contributed by atoms with van der Waals surface area (Å²) in [5.41, 5.74) is -0.367. The van der Waals surface area contributed by atoms with Crippen molar-refractivity contribution in [1.29, 1.82) is 0 Å². The predicted molar refractivity (Wildman–Crippen MR) is 58.7 cm³/mol. The maximum absolute atomic E-state index is 11.6. The molecule has 0 bridgehead atoms. The van der Waals surface area contributed by atoms with Crippen LogP contribution in [0.3, 0.4) is 0 Å². The zero-order valence-corrected chi connectivity index (χ0v) is 10.0. The summed E-state index contributed by atoms with van der Waals surface area (Å²) in [6, 6.07) is 0. The SMILES string of the molecule is C=C(C)C(=O)OC(CC)C1(C)CCOC1=O. The lowest BCUT2D eigenvalue weighted by atomic mass is 9.81. The molecule has 0 aromatic carbocycles. The molecule has 1 fully saturated rings. The van der Waals surface area contributed by atoms with Crippen LogP contribution in [-0.4, -0.2) is 24.6 Å². The molecule has 1 aliphatic rings. The minimum absolute atomic E-state index is 0.283. The molecule has 0 saturated carbocycles. The van der Waals surface area contributed by atoms with Crippen LogP contribution in [-0.2, 0) is 19.1 Å². The quantitative estimate of drug-likeness (QED) is 0.542. The molecule has 16 heavy (non-hydrogen) atoms. The number of carbonyl (C=O) groups is 2. The summed E-state index contributed by atoms with van der Waals surface area (Å²) in [6.45, 7) is 9.17. The van der Waals surface area contributed by atoms with E-state index in [1.54, 1.807) is 13.8 Å². The monoisotopic (exact) mass is 226 g/mol. The number of hydrogen-bond donors (Lipinski definition) is 0. The third kappa shape index (κ3) is 2.26. The van der Waals surface area contributed by atoms with Crippen molar-refractivity contribution in [2.75, 3.05) is 6.61 Å². The van der Waals surface area contributed by atoms with Crippen LogP contribution in [0.15, 0.2) is 12.2 Å². The average Bonchev–Trinajstić information content (AvgIpc) is 2.56. The van der Waals surface area contributed by atoms with E-state index in [4.69, 9.17) is 9.47 Å². The van der Waals surface area contributed by atoms with E-state index in [1.165, 1.54) is 0 Å². The molecule has 0 aromatic heterocycles. The Labute approximate surface area is 95.6 Å². The van der Waals surface area contributed by atoms with Crippen LogP contribution in [0.5, 0.6) is 0 Å². The highest BCUT2D eigenvalue weighted by Gasteiger charge is 2.48. The van der Waals surface area contributed by atoms with Crippen molar-refractivity contribution < 1.29 is 19.1 Å². The fourth-order valence-electron chi connectivity index (χ4n) is 1.81. The molecular formula is C12H18O4. The number of hydrogen-bond acceptors (Lipinski definition) is 4. The first-order valence-electron chi connectivity index (χ1n) is 5.45. The Hall–Kier alpha value is -1.32. The molecule has 1 heterocycles. The lowest BCUT2D eigenvalue weighted by Crippen LogP contribution is -2.39. The van der Waals surface area contributed by atoms with Crippen molar-refractivity contribution in [3.8, 4) is 0 Å². The van der Waals surface area contributed by atoms with Gasteiger partial charge in [-0.25, -0.2) is 4.79 Å². The second kappa shape index (κ2) is 4.68. The molecule has 0 aliphatic carbocycles. The molecule has 2 unspecified atom stereocenters. The second-order valence-electron chi connectivity index (χ2n) is 4.39. The minimum atomic E-state index is -0.708. The topological polar surface area (TPSA) is 52.6 Å². The van der Waals surface area contributed by atoms with Gasteiger partial charge in [0.15, 0.2) is 0 Å². The average molecular weight is 226 g/mol. The Bertz CT molecular complexity index is 321. The van der Waals surface area contributed by atoms with Gasteiger partial charge in [0.05, 0.1) is 6.61 Å². The molecule has 0 N–H and O–H groups in total. The highest BCUT2D eigenvalue weighted by atomic mass is 16.6. The second-order valence-corrected chi connectivity index (χ2v) is 4.39. The maximum atomic E-state index is 11.6. The van der Waals surface area contributed by atoms with Gasteiger partial charge in [-0.15, -0.1) is 0 Å². The summed E-state index contributed by atoms with van der Waals surface area (Å²) in [7, 11) is 0. The molecule has 90 valence electrons. The lowest BCUT2D eigenvalue weighted by molar-refractivity contribution is -0.161. The zero-order valence-electron chi connectivity index (χ0n) is 10.0. The standard InChI is InChI=1S/C12H18O4/c1-5-9(16-10(13)8(2)3)12(4)6-7-15-11(12)14/h9H,2,5-7H2,1,3-4H3. The van der Waals surface area contributed by atoms with Gasteiger partial charge in [-0.3, -0.25) is 4.79 Å². The van der Waals surface area contributed by atoms with Crippen molar-refractivity contribution in [3.63, 3.8) is 0 Å². The van der Waals surface area contributed by atoms with Crippen molar-refractivity contribution in [2.24, 2.45) is 5.41 Å². The summed E-state index contributed by atoms with van der Waals surface area (Å²) in [4.78, 5) is 23.1. The Kier molecular flexibility index (Phi) is 3.73. The number of carbonyl (C=O) groups excluding carboxylic acids is 2. The molecule has 0 radical (unpaired) electrons. The summed E-state index contributed by atoms with van der Waals surface area (Å²) >= 11 is 0. The largest absolute Gasteiger partial charge is 0.465 e. The predicted octanol–water partition coefficient (Wildman–Crippen LogP) is 1.84. The molecule has 2 atom stereocenters. The Balaban J connectivity index is 2.78. The first kappa shape index (κ1) is 12.7. The van der Waals surface area contributed by atoms with Gasteiger partial charge in [0, 0.05) is 12.0 Å². The third-order valence-corrected chi connectivity index (χ3v) is 3.00. The van der Waals surface area contributed by atoms with Crippen LogP contribution in [0.2, 0.25) is 0 Å². The number of rotatable bonds is 4. The Morgan fingerprint density at radius 1 is 1.69 bits per heavy atom. The summed E-state index contributed by atoms with van der Waals surface area (Å²) < 4.78 is 10.2. The molecule has 0 spiro atoms. The van der Waals surface area contributed by atoms with Crippen LogP contribution < -0.4 is 0 Å². The smallest absolute Gasteiger partial charge is 0.333 e. The van der Waals surface area contributed by atoms with Crippen LogP contribution in [0, 0.1) is 5.41 Å². The van der Waals surface area contributed by atoms with Crippen LogP contribution >= 0.6 is 0 Å². The number of cyclic esters (lactones) is 1. The number of esters is 2. The van der Waals surface area contributed by atoms with Crippen LogP contribution in [0.4, 0.5) is 0 Å². The van der Waals surface area contributed by atoms with E-state index >= 15 is 0 Å². The molecule has 4 nitrogen and oxygen atoms in total. The van der Waals surface area contributed by atoms with E-state index in [9.17, 15) is 9.59 Å². The fraction of sp³-hybridized carbons (Fsp3) is 0.667. The molecule has 1 rings (SSSR count). The maximum Gasteiger partial charge on any atom is 0.333 e. The van der Waals surface area contributed by atoms with Gasteiger partial charge in [0.1, 0.15) is 11.5 Å². The molecule has 1 aliphatic heterocycles. The molecule has 0 amide bonds. The van der Waals surface area contributed by atoms with E-state index in [0.29, 0.717) is 25.0 Å². The van der Waals surface area contributed by atoms with Crippen molar-refractivity contribution in [2.45, 2.75) is 39.7 Å². The lowest BCUT2D eigenvalue weighted by Gasteiger charge is -2.29. The zero-order chi connectivity index (χ0) is 12.3. The minimum Gasteiger partial charge on any atom is -0.465 e. The van der Waals surface area contributed by atoms with Gasteiger partial charge < -0.3 is 9.47 Å². The Morgan fingerprint density at radius 3 is 2.69 bits per heavy atom. The van der Waals surface area contributed by atoms with Crippen molar-refractivity contribution in [1.82, 2.24) is 0 Å². The molecule has 4 heteroatoms. The summed E-state index contributed by atoms with van der Waals surface area (Å²) in [5.74, 6) is -0.735. The highest BCUT2D eigenvalue weighted by molar-refractivity contribution is 5.87. The molecule has 1 saturated heterocycles. The third-order valence-electron chi connectivity index (χ3n) is 3.00. The molecule has 0 aromatic rings. The first-order chi connectivity index (χ1) is 7.41. The van der Waals surface area contributed by atoms with Gasteiger partial charge in [0.2, 0.25) is 0 Å². The van der Waals surface area contributed by atoms with E-state index in [1.807, 2.05) is 6.92 Å². The summed E-state index contributed by atoms with van der Waals surface area (Å²) in [5, 5.41) is 0. The van der Waals surface area contributed by atoms with E-state index in [0.717, 1.165) is 0 Å². The highest BCUT2D eigenvalue weighted by Crippen LogP contribution is 2.36. The van der Waals surface area contributed by atoms with E-state index < -0.39 is 17.5 Å². The van der Waals surface area contributed by atoms with Gasteiger partial charge in [-0.05, 0) is 20.3 Å². The normalized spacial score (nSPS) is 26.1. The van der Waals surface area contributed by atoms with Gasteiger partial charge in [0.25, 0.3) is 0 Å². The van der Waals surface area contributed by atoms with Crippen molar-refractivity contribution >= 4 is 11.9 Å². The van der Waals surface area contributed by atoms with Crippen LogP contribution in [0.1, 0.15) is 33.6 Å². The fourth-order valence-corrected chi connectivity index (χ4v) is 1.81. The van der Waals surface area contributed by atoms with Gasteiger partial charge in [-0.2, -0.15) is 0 Å². The number of ether oxygens (including phenoxy) is 2. The van der Waals surface area contributed by atoms with E-state index in [2.05, 4.69) is 6.58 Å². The summed E-state index contributed by atoms with van der Waals surface area (Å²) in [6.07, 6.45) is 0.741. The van der Waals surface area contributed by atoms with Crippen molar-refractivity contribution in [3.05, 3.63) is 12.2 Å². The molecular weight excluding hydrogens is 208 g/mol. The first-order valence-corrected chi connectivity index (χ1v) is 5.45. The Morgan fingerprint density at radius 2 is 2.31 bits per heavy atom. The van der Waals surface area contributed by atoms with Gasteiger partial charge in [-0.1, -0.05) is 13.5 Å². The van der Waals surface area contributed by atoms with Gasteiger partial charge >= 0.3 is 11.9 Å². The van der Waals surface area contributed by atoms with E-state index in [-0.39, 0.29) is 5.97 Å².